The van der Waals surface area contributed by atoms with Crippen LogP contribution >= 0.6 is 0 Å². The highest BCUT2D eigenvalue weighted by Gasteiger charge is 2.21. The largest absolute Gasteiger partial charge is 0.356 e. The molecule has 5 heteroatoms. The topological polar surface area (TPSA) is 58.1 Å². The number of amides is 1. The van der Waals surface area contributed by atoms with E-state index >= 15 is 0 Å². The minimum atomic E-state index is 0.245. The fourth-order valence-corrected chi connectivity index (χ4v) is 3.95. The van der Waals surface area contributed by atoms with E-state index in [4.69, 9.17) is 0 Å². The second kappa shape index (κ2) is 9.00. The second-order valence-corrected chi connectivity index (χ2v) is 7.33. The van der Waals surface area contributed by atoms with Crippen molar-refractivity contribution < 1.29 is 4.79 Å². The van der Waals surface area contributed by atoms with Crippen molar-refractivity contribution in [1.82, 2.24) is 15.3 Å². The third kappa shape index (κ3) is 5.18. The van der Waals surface area contributed by atoms with Gasteiger partial charge in [-0.05, 0) is 37.2 Å². The molecule has 1 amide bonds. The fraction of sp³-hybridized carbons (Fsp3) is 0.737. The van der Waals surface area contributed by atoms with Crippen LogP contribution in [0, 0.1) is 11.8 Å². The van der Waals surface area contributed by atoms with Crippen LogP contribution < -0.4 is 10.2 Å². The number of nitrogens with zero attached hydrogens (tertiary/aromatic N) is 3. The predicted octanol–water partition coefficient (Wildman–Crippen LogP) is 3.17. The van der Waals surface area contributed by atoms with Crippen molar-refractivity contribution in [2.75, 3.05) is 24.5 Å². The summed E-state index contributed by atoms with van der Waals surface area (Å²) in [6.07, 6.45) is 14.3. The number of aromatic nitrogens is 2. The molecule has 1 saturated heterocycles. The SMILES string of the molecule is O=C(CCC1CCCCC1)NCC1CCN(c2ncccn2)CC1. The molecule has 1 N–H and O–H groups in total. The second-order valence-electron chi connectivity index (χ2n) is 7.33. The van der Waals surface area contributed by atoms with E-state index in [1.54, 1.807) is 12.4 Å². The summed E-state index contributed by atoms with van der Waals surface area (Å²) in [5, 5.41) is 3.16. The Kier molecular flexibility index (Phi) is 6.44. The van der Waals surface area contributed by atoms with Crippen LogP contribution in [0.1, 0.15) is 57.8 Å². The lowest BCUT2D eigenvalue weighted by Crippen LogP contribution is -2.39. The minimum absolute atomic E-state index is 0.245. The van der Waals surface area contributed by atoms with Crippen LogP contribution in [-0.4, -0.2) is 35.5 Å². The molecule has 132 valence electrons. The average Bonchev–Trinajstić information content (AvgIpc) is 2.67. The van der Waals surface area contributed by atoms with Crippen LogP contribution in [0.4, 0.5) is 5.95 Å². The monoisotopic (exact) mass is 330 g/mol. The van der Waals surface area contributed by atoms with E-state index in [0.29, 0.717) is 12.3 Å². The van der Waals surface area contributed by atoms with Crippen LogP contribution in [0.25, 0.3) is 0 Å². The van der Waals surface area contributed by atoms with Crippen LogP contribution in [0.15, 0.2) is 18.5 Å². The van der Waals surface area contributed by atoms with E-state index in [2.05, 4.69) is 20.2 Å². The molecule has 0 atom stereocenters. The predicted molar refractivity (Wildman–Crippen MR) is 95.8 cm³/mol. The summed E-state index contributed by atoms with van der Waals surface area (Å²) in [5.74, 6) is 2.45. The van der Waals surface area contributed by atoms with Gasteiger partial charge in [0.15, 0.2) is 0 Å². The zero-order valence-electron chi connectivity index (χ0n) is 14.6. The summed E-state index contributed by atoms with van der Waals surface area (Å²) in [6.45, 7) is 2.78. The molecule has 1 aromatic heterocycles. The average molecular weight is 330 g/mol. The summed E-state index contributed by atoms with van der Waals surface area (Å²) in [7, 11) is 0. The third-order valence-corrected chi connectivity index (χ3v) is 5.54. The maximum absolute atomic E-state index is 12.1. The molecule has 5 nitrogen and oxygen atoms in total. The Morgan fingerprint density at radius 3 is 2.46 bits per heavy atom. The van der Waals surface area contributed by atoms with Gasteiger partial charge in [-0.15, -0.1) is 0 Å². The van der Waals surface area contributed by atoms with Gasteiger partial charge in [0.1, 0.15) is 0 Å². The number of nitrogens with one attached hydrogen (secondary N) is 1. The van der Waals surface area contributed by atoms with E-state index < -0.39 is 0 Å². The highest BCUT2D eigenvalue weighted by atomic mass is 16.1. The highest BCUT2D eigenvalue weighted by molar-refractivity contribution is 5.75. The molecule has 2 fully saturated rings. The first-order valence-electron chi connectivity index (χ1n) is 9.60. The number of hydrogen-bond acceptors (Lipinski definition) is 4. The van der Waals surface area contributed by atoms with Gasteiger partial charge >= 0.3 is 0 Å². The lowest BCUT2D eigenvalue weighted by Gasteiger charge is -2.32. The van der Waals surface area contributed by atoms with E-state index in [1.165, 1.54) is 32.1 Å². The number of carbonyl (C=O) groups is 1. The van der Waals surface area contributed by atoms with Gasteiger partial charge in [0.25, 0.3) is 0 Å². The molecule has 1 aromatic rings. The van der Waals surface area contributed by atoms with Gasteiger partial charge < -0.3 is 10.2 Å². The van der Waals surface area contributed by atoms with E-state index in [9.17, 15) is 4.79 Å². The van der Waals surface area contributed by atoms with E-state index in [-0.39, 0.29) is 5.91 Å². The van der Waals surface area contributed by atoms with Gasteiger partial charge in [-0.2, -0.15) is 0 Å². The van der Waals surface area contributed by atoms with E-state index in [1.807, 2.05) is 6.07 Å². The lowest BCUT2D eigenvalue weighted by molar-refractivity contribution is -0.121. The molecule has 0 bridgehead atoms. The van der Waals surface area contributed by atoms with Crippen molar-refractivity contribution in [2.24, 2.45) is 11.8 Å². The summed E-state index contributed by atoms with van der Waals surface area (Å²) in [5.41, 5.74) is 0. The standard InChI is InChI=1S/C19H30N4O/c24-18(8-7-16-5-2-1-3-6-16)22-15-17-9-13-23(14-10-17)19-20-11-4-12-21-19/h4,11-12,16-17H,1-3,5-10,13-15H2,(H,22,24). The van der Waals surface area contributed by atoms with E-state index in [0.717, 1.165) is 50.8 Å². The van der Waals surface area contributed by atoms with Gasteiger partial charge in [-0.3, -0.25) is 4.79 Å². The zero-order valence-corrected chi connectivity index (χ0v) is 14.6. The molecule has 1 aliphatic carbocycles. The maximum Gasteiger partial charge on any atom is 0.225 e. The molecule has 1 saturated carbocycles. The van der Waals surface area contributed by atoms with Crippen LogP contribution in [0.2, 0.25) is 0 Å². The fourth-order valence-electron chi connectivity index (χ4n) is 3.95. The quantitative estimate of drug-likeness (QED) is 0.870. The van der Waals surface area contributed by atoms with Gasteiger partial charge in [0.2, 0.25) is 11.9 Å². The first kappa shape index (κ1) is 17.2. The van der Waals surface area contributed by atoms with Gasteiger partial charge in [-0.1, -0.05) is 32.1 Å². The molecule has 3 rings (SSSR count). The molecular weight excluding hydrogens is 300 g/mol. The van der Waals surface area contributed by atoms with Gasteiger partial charge in [0.05, 0.1) is 0 Å². The Labute approximate surface area is 145 Å². The molecule has 1 aliphatic heterocycles. The Bertz CT molecular complexity index is 493. The van der Waals surface area contributed by atoms with Crippen LogP contribution in [0.5, 0.6) is 0 Å². The molecule has 2 heterocycles. The number of rotatable bonds is 6. The first-order chi connectivity index (χ1) is 11.8. The molecule has 2 aliphatic rings. The van der Waals surface area contributed by atoms with Crippen LogP contribution in [-0.2, 0) is 4.79 Å². The molecule has 0 spiro atoms. The van der Waals surface area contributed by atoms with Crippen molar-refractivity contribution in [3.8, 4) is 0 Å². The third-order valence-electron chi connectivity index (χ3n) is 5.54. The van der Waals surface area contributed by atoms with Crippen molar-refractivity contribution in [3.63, 3.8) is 0 Å². The summed E-state index contributed by atoms with van der Waals surface area (Å²) < 4.78 is 0. The number of hydrogen-bond donors (Lipinski definition) is 1. The molecule has 0 aromatic carbocycles. The van der Waals surface area contributed by atoms with Crippen molar-refractivity contribution in [3.05, 3.63) is 18.5 Å². The smallest absolute Gasteiger partial charge is 0.225 e. The minimum Gasteiger partial charge on any atom is -0.356 e. The molecular formula is C19H30N4O. The summed E-state index contributed by atoms with van der Waals surface area (Å²) in [6, 6.07) is 1.85. The normalized spacial score (nSPS) is 20.1. The number of piperidine rings is 1. The van der Waals surface area contributed by atoms with Crippen LogP contribution in [0.3, 0.4) is 0 Å². The number of anilines is 1. The summed E-state index contributed by atoms with van der Waals surface area (Å²) >= 11 is 0. The Morgan fingerprint density at radius 2 is 1.75 bits per heavy atom. The van der Waals surface area contributed by atoms with Crippen molar-refractivity contribution >= 4 is 11.9 Å². The van der Waals surface area contributed by atoms with Gasteiger partial charge in [0, 0.05) is 38.4 Å². The maximum atomic E-state index is 12.1. The van der Waals surface area contributed by atoms with Crippen molar-refractivity contribution in [2.45, 2.75) is 57.8 Å². The van der Waals surface area contributed by atoms with Crippen molar-refractivity contribution in [1.29, 1.82) is 0 Å². The zero-order chi connectivity index (χ0) is 16.6. The Hall–Kier alpha value is -1.65. The Balaban J connectivity index is 1.31. The van der Waals surface area contributed by atoms with Gasteiger partial charge in [-0.25, -0.2) is 9.97 Å². The Morgan fingerprint density at radius 1 is 1.04 bits per heavy atom. The molecule has 0 radical (unpaired) electrons. The molecule has 24 heavy (non-hydrogen) atoms. The number of carbonyl (C=O) groups excluding carboxylic acids is 1. The summed E-state index contributed by atoms with van der Waals surface area (Å²) in [4.78, 5) is 22.9. The lowest BCUT2D eigenvalue weighted by atomic mass is 9.86. The first-order valence-corrected chi connectivity index (χ1v) is 9.60. The highest BCUT2D eigenvalue weighted by Crippen LogP contribution is 2.27. The molecule has 0 unspecified atom stereocenters.